The summed E-state index contributed by atoms with van der Waals surface area (Å²) in [5.41, 5.74) is 0.325. The Hall–Kier alpha value is -2.08. The van der Waals surface area contributed by atoms with Crippen molar-refractivity contribution in [2.75, 3.05) is 13.7 Å². The normalized spacial score (nSPS) is 10.5. The van der Waals surface area contributed by atoms with E-state index in [9.17, 15) is 14.9 Å². The van der Waals surface area contributed by atoms with Crippen molar-refractivity contribution >= 4 is 29.3 Å². The van der Waals surface area contributed by atoms with Gasteiger partial charge in [0.05, 0.1) is 17.1 Å². The second-order valence-corrected chi connectivity index (χ2v) is 4.05. The minimum atomic E-state index is -0.541. The Balaban J connectivity index is 2.98. The van der Waals surface area contributed by atoms with Crippen molar-refractivity contribution in [1.29, 1.82) is 0 Å². The highest BCUT2D eigenvalue weighted by molar-refractivity contribution is 6.32. The Morgan fingerprint density at radius 1 is 1.58 bits per heavy atom. The third kappa shape index (κ3) is 4.26. The van der Waals surface area contributed by atoms with Crippen LogP contribution in [-0.4, -0.2) is 24.5 Å². The van der Waals surface area contributed by atoms with E-state index in [4.69, 9.17) is 16.3 Å². The topological polar surface area (TPSA) is 81.5 Å². The zero-order valence-electron chi connectivity index (χ0n) is 10.5. The molecule has 0 atom stereocenters. The van der Waals surface area contributed by atoms with Crippen LogP contribution in [0.3, 0.4) is 0 Å². The van der Waals surface area contributed by atoms with Crippen LogP contribution in [0.5, 0.6) is 5.75 Å². The van der Waals surface area contributed by atoms with E-state index in [0.29, 0.717) is 17.1 Å². The quantitative estimate of drug-likeness (QED) is 0.665. The smallest absolute Gasteiger partial charge is 0.311 e. The second kappa shape index (κ2) is 6.75. The predicted octanol–water partition coefficient (Wildman–Crippen LogP) is 2.41. The van der Waals surface area contributed by atoms with Crippen molar-refractivity contribution in [3.63, 3.8) is 0 Å². The zero-order chi connectivity index (χ0) is 14.4. The van der Waals surface area contributed by atoms with Crippen molar-refractivity contribution in [2.24, 2.45) is 0 Å². The molecule has 6 nitrogen and oxygen atoms in total. The molecule has 1 amide bonds. The number of benzene rings is 1. The molecule has 102 valence electrons. The summed E-state index contributed by atoms with van der Waals surface area (Å²) in [6.45, 7) is 1.73. The molecule has 0 spiro atoms. The summed E-state index contributed by atoms with van der Waals surface area (Å²) in [6.07, 6.45) is 3.25. The van der Waals surface area contributed by atoms with Crippen LogP contribution >= 0.6 is 11.6 Å². The maximum absolute atomic E-state index is 10.9. The molecule has 0 unspecified atom stereocenters. The zero-order valence-corrected chi connectivity index (χ0v) is 11.2. The van der Waals surface area contributed by atoms with Gasteiger partial charge in [0, 0.05) is 25.6 Å². The van der Waals surface area contributed by atoms with Crippen LogP contribution in [0.15, 0.2) is 18.2 Å². The molecule has 0 aromatic heterocycles. The molecule has 0 aliphatic heterocycles. The van der Waals surface area contributed by atoms with Gasteiger partial charge in [0.25, 0.3) is 0 Å². The van der Waals surface area contributed by atoms with Crippen molar-refractivity contribution in [3.8, 4) is 5.75 Å². The van der Waals surface area contributed by atoms with Crippen molar-refractivity contribution in [1.82, 2.24) is 5.32 Å². The Bertz CT molecular complexity index is 529. The molecule has 0 bridgehead atoms. The van der Waals surface area contributed by atoms with Gasteiger partial charge in [0.2, 0.25) is 5.91 Å². The number of methoxy groups -OCH3 is 1. The van der Waals surface area contributed by atoms with E-state index in [2.05, 4.69) is 5.32 Å². The van der Waals surface area contributed by atoms with Crippen molar-refractivity contribution in [3.05, 3.63) is 38.9 Å². The summed E-state index contributed by atoms with van der Waals surface area (Å²) in [5, 5.41) is 13.8. The maximum atomic E-state index is 10.9. The van der Waals surface area contributed by atoms with Gasteiger partial charge in [0.1, 0.15) is 0 Å². The number of nitro benzene ring substituents is 1. The van der Waals surface area contributed by atoms with Gasteiger partial charge in [-0.25, -0.2) is 0 Å². The molecule has 0 aliphatic carbocycles. The number of carbonyl (C=O) groups excluding carboxylic acids is 1. The van der Waals surface area contributed by atoms with Crippen LogP contribution < -0.4 is 10.1 Å². The van der Waals surface area contributed by atoms with Crippen LogP contribution in [0.2, 0.25) is 5.02 Å². The number of nitrogens with zero attached hydrogens (tertiary/aromatic N) is 1. The van der Waals surface area contributed by atoms with Gasteiger partial charge in [-0.15, -0.1) is 0 Å². The molecular weight excluding hydrogens is 272 g/mol. The first-order chi connectivity index (χ1) is 8.95. The molecule has 1 rings (SSSR count). The van der Waals surface area contributed by atoms with Gasteiger partial charge in [-0.1, -0.05) is 23.8 Å². The largest absolute Gasteiger partial charge is 0.490 e. The van der Waals surface area contributed by atoms with E-state index < -0.39 is 4.92 Å². The first-order valence-electron chi connectivity index (χ1n) is 5.38. The summed E-state index contributed by atoms with van der Waals surface area (Å²) in [6, 6.07) is 2.71. The number of nitro groups is 1. The average molecular weight is 285 g/mol. The van der Waals surface area contributed by atoms with Crippen LogP contribution in [0, 0.1) is 10.1 Å². The summed E-state index contributed by atoms with van der Waals surface area (Å²) in [5.74, 6) is -0.0505. The molecule has 0 saturated carbocycles. The molecular formula is C12H13ClN2O4. The first kappa shape index (κ1) is 15.0. The van der Waals surface area contributed by atoms with E-state index in [1.807, 2.05) is 0 Å². The van der Waals surface area contributed by atoms with Gasteiger partial charge in [-0.3, -0.25) is 14.9 Å². The fourth-order valence-corrected chi connectivity index (χ4v) is 1.60. The standard InChI is InChI=1S/C12H13ClN2O4/c1-8(16)14-5-3-4-9-6-11(15(17)18)12(19-2)7-10(9)13/h3-4,6-7H,5H2,1-2H3,(H,14,16). The molecule has 1 aromatic rings. The van der Waals surface area contributed by atoms with E-state index in [-0.39, 0.29) is 17.3 Å². The number of halogens is 1. The Morgan fingerprint density at radius 2 is 2.26 bits per heavy atom. The predicted molar refractivity (Wildman–Crippen MR) is 72.4 cm³/mol. The molecule has 1 aromatic carbocycles. The fourth-order valence-electron chi connectivity index (χ4n) is 1.38. The first-order valence-corrected chi connectivity index (χ1v) is 5.76. The number of rotatable bonds is 5. The molecule has 0 fully saturated rings. The molecule has 1 N–H and O–H groups in total. The van der Waals surface area contributed by atoms with Gasteiger partial charge in [-0.2, -0.15) is 0 Å². The lowest BCUT2D eigenvalue weighted by atomic mass is 10.1. The third-order valence-corrected chi connectivity index (χ3v) is 2.59. The Kier molecular flexibility index (Phi) is 5.32. The summed E-state index contributed by atoms with van der Waals surface area (Å²) in [4.78, 5) is 21.0. The minimum Gasteiger partial charge on any atom is -0.490 e. The van der Waals surface area contributed by atoms with Gasteiger partial charge in [-0.05, 0) is 5.56 Å². The summed E-state index contributed by atoms with van der Waals surface area (Å²) < 4.78 is 4.89. The lowest BCUT2D eigenvalue weighted by Gasteiger charge is -2.05. The number of carbonyl (C=O) groups is 1. The number of amides is 1. The van der Waals surface area contributed by atoms with Gasteiger partial charge >= 0.3 is 5.69 Å². The van der Waals surface area contributed by atoms with Gasteiger partial charge in [0.15, 0.2) is 5.75 Å². The summed E-state index contributed by atoms with van der Waals surface area (Å²) in [7, 11) is 1.34. The fraction of sp³-hybridized carbons (Fsp3) is 0.250. The SMILES string of the molecule is COc1cc(Cl)c(C=CCNC(C)=O)cc1[N+](=O)[O-]. The Labute approximate surface area is 115 Å². The van der Waals surface area contributed by atoms with Crippen LogP contribution in [0.1, 0.15) is 12.5 Å². The number of ether oxygens (including phenoxy) is 1. The van der Waals surface area contributed by atoms with Gasteiger partial charge < -0.3 is 10.1 Å². The molecule has 0 heterocycles. The van der Waals surface area contributed by atoms with Crippen molar-refractivity contribution in [2.45, 2.75) is 6.92 Å². The monoisotopic (exact) mass is 284 g/mol. The average Bonchev–Trinajstić information content (AvgIpc) is 2.34. The van der Waals surface area contributed by atoms with E-state index in [1.54, 1.807) is 12.2 Å². The lowest BCUT2D eigenvalue weighted by Crippen LogP contribution is -2.19. The highest BCUT2D eigenvalue weighted by Gasteiger charge is 2.17. The molecule has 0 saturated heterocycles. The second-order valence-electron chi connectivity index (χ2n) is 3.64. The Morgan fingerprint density at radius 3 is 2.79 bits per heavy atom. The molecule has 7 heteroatoms. The third-order valence-electron chi connectivity index (χ3n) is 2.26. The number of nitrogens with one attached hydrogen (secondary N) is 1. The minimum absolute atomic E-state index is 0.106. The molecule has 0 aliphatic rings. The molecule has 19 heavy (non-hydrogen) atoms. The number of hydrogen-bond acceptors (Lipinski definition) is 4. The van der Waals surface area contributed by atoms with Crippen LogP contribution in [0.25, 0.3) is 6.08 Å². The van der Waals surface area contributed by atoms with Crippen molar-refractivity contribution < 1.29 is 14.5 Å². The van der Waals surface area contributed by atoms with E-state index >= 15 is 0 Å². The van der Waals surface area contributed by atoms with Crippen LogP contribution in [0.4, 0.5) is 5.69 Å². The highest BCUT2D eigenvalue weighted by atomic mass is 35.5. The summed E-state index contributed by atoms with van der Waals surface area (Å²) >= 11 is 5.99. The highest BCUT2D eigenvalue weighted by Crippen LogP contribution is 2.33. The molecule has 0 radical (unpaired) electrons. The lowest BCUT2D eigenvalue weighted by molar-refractivity contribution is -0.385. The van der Waals surface area contributed by atoms with E-state index in [1.165, 1.54) is 26.2 Å². The maximum Gasteiger partial charge on any atom is 0.311 e. The van der Waals surface area contributed by atoms with Crippen LogP contribution in [-0.2, 0) is 4.79 Å². The number of hydrogen-bond donors (Lipinski definition) is 1. The van der Waals surface area contributed by atoms with E-state index in [0.717, 1.165) is 0 Å².